The van der Waals surface area contributed by atoms with Gasteiger partial charge in [-0.1, -0.05) is 6.07 Å². The molecule has 1 aliphatic carbocycles. The molecule has 0 atom stereocenters. The highest BCUT2D eigenvalue weighted by Gasteiger charge is 2.34. The van der Waals surface area contributed by atoms with E-state index >= 15 is 0 Å². The number of morpholine rings is 1. The van der Waals surface area contributed by atoms with Crippen LogP contribution in [0.1, 0.15) is 54.2 Å². The Hall–Kier alpha value is -2.42. The van der Waals surface area contributed by atoms with E-state index in [0.717, 1.165) is 74.1 Å². The van der Waals surface area contributed by atoms with E-state index in [1.807, 2.05) is 0 Å². The lowest BCUT2D eigenvalue weighted by Gasteiger charge is -2.42. The molecule has 1 aromatic carbocycles. The zero-order chi connectivity index (χ0) is 22.5. The van der Waals surface area contributed by atoms with Gasteiger partial charge in [-0.15, -0.1) is 0 Å². The number of piperidine rings is 1. The van der Waals surface area contributed by atoms with Crippen LogP contribution in [0, 0.1) is 0 Å². The van der Waals surface area contributed by atoms with Gasteiger partial charge in [-0.2, -0.15) is 0 Å². The number of hydrogen-bond donors (Lipinski definition) is 2. The summed E-state index contributed by atoms with van der Waals surface area (Å²) in [5.74, 6) is 4.12. The summed E-state index contributed by atoms with van der Waals surface area (Å²) in [4.78, 5) is 14.3. The zero-order valence-corrected chi connectivity index (χ0v) is 19.8. The number of anilines is 3. The molecule has 1 saturated carbocycles. The predicted molar refractivity (Wildman–Crippen MR) is 131 cm³/mol. The second-order valence-electron chi connectivity index (χ2n) is 10.4. The summed E-state index contributed by atoms with van der Waals surface area (Å²) in [6.45, 7) is 8.39. The molecule has 5 aliphatic rings. The fraction of sp³-hybridized carbons (Fsp3) is 0.615. The zero-order valence-electron chi connectivity index (χ0n) is 19.8. The number of benzene rings is 1. The Kier molecular flexibility index (Phi) is 5.33. The van der Waals surface area contributed by atoms with Gasteiger partial charge in [-0.25, -0.2) is 9.97 Å². The first-order valence-electron chi connectivity index (χ1n) is 13.0. The normalized spacial score (nSPS) is 23.8. The molecule has 2 aromatic rings. The SMILES string of the molecule is c1nc2c(c(N3CCOCC3)n1)COc1c(cc(C3CCN(C4CNC4)CC3)cc1C1CC1)N2. The molecule has 2 N–H and O–H groups in total. The molecule has 0 spiro atoms. The third-order valence-corrected chi connectivity index (χ3v) is 8.28. The highest BCUT2D eigenvalue weighted by atomic mass is 16.5. The lowest BCUT2D eigenvalue weighted by Crippen LogP contribution is -2.58. The van der Waals surface area contributed by atoms with Crippen LogP contribution in [0.25, 0.3) is 0 Å². The number of aromatic nitrogens is 2. The molecule has 4 fully saturated rings. The molecule has 4 aliphatic heterocycles. The summed E-state index contributed by atoms with van der Waals surface area (Å²) in [5.41, 5.74) is 4.98. The molecule has 0 unspecified atom stereocenters. The van der Waals surface area contributed by atoms with Crippen molar-refractivity contribution >= 4 is 17.3 Å². The van der Waals surface area contributed by atoms with Gasteiger partial charge in [0.05, 0.1) is 24.5 Å². The Morgan fingerprint density at radius 2 is 1.74 bits per heavy atom. The highest BCUT2D eigenvalue weighted by Crippen LogP contribution is 2.50. The van der Waals surface area contributed by atoms with Crippen LogP contribution >= 0.6 is 0 Å². The Morgan fingerprint density at radius 3 is 2.47 bits per heavy atom. The van der Waals surface area contributed by atoms with Crippen molar-refractivity contribution in [1.82, 2.24) is 20.2 Å². The first-order chi connectivity index (χ1) is 16.8. The highest BCUT2D eigenvalue weighted by molar-refractivity contribution is 5.74. The van der Waals surface area contributed by atoms with Crippen molar-refractivity contribution in [2.45, 2.75) is 50.2 Å². The second kappa shape index (κ2) is 8.66. The fourth-order valence-electron chi connectivity index (χ4n) is 5.95. The molecule has 0 amide bonds. The molecule has 0 bridgehead atoms. The van der Waals surface area contributed by atoms with Crippen LogP contribution in [0.5, 0.6) is 5.75 Å². The van der Waals surface area contributed by atoms with Crippen LogP contribution in [-0.4, -0.2) is 73.4 Å². The summed E-state index contributed by atoms with van der Waals surface area (Å²) >= 11 is 0. The van der Waals surface area contributed by atoms with Gasteiger partial charge < -0.3 is 25.0 Å². The molecule has 0 radical (unpaired) electrons. The quantitative estimate of drug-likeness (QED) is 0.719. The summed E-state index contributed by atoms with van der Waals surface area (Å²) in [6, 6.07) is 5.56. The third-order valence-electron chi connectivity index (χ3n) is 8.28. The first-order valence-corrected chi connectivity index (χ1v) is 13.0. The first kappa shape index (κ1) is 20.9. The maximum Gasteiger partial charge on any atom is 0.146 e. The van der Waals surface area contributed by atoms with Crippen LogP contribution < -0.4 is 20.3 Å². The van der Waals surface area contributed by atoms with Crippen molar-refractivity contribution in [2.75, 3.05) is 62.7 Å². The van der Waals surface area contributed by atoms with Gasteiger partial charge in [-0.3, -0.25) is 4.90 Å². The Bertz CT molecular complexity index is 1060. The van der Waals surface area contributed by atoms with Gasteiger partial charge in [0.25, 0.3) is 0 Å². The van der Waals surface area contributed by atoms with E-state index < -0.39 is 0 Å². The summed E-state index contributed by atoms with van der Waals surface area (Å²) in [5, 5.41) is 7.10. The topological polar surface area (TPSA) is 74.8 Å². The molecular formula is C26H34N6O2. The van der Waals surface area contributed by atoms with Crippen LogP contribution in [-0.2, 0) is 11.3 Å². The minimum absolute atomic E-state index is 0.496. The molecule has 1 aromatic heterocycles. The Balaban J connectivity index is 1.19. The maximum absolute atomic E-state index is 6.54. The lowest BCUT2D eigenvalue weighted by molar-refractivity contribution is 0.113. The monoisotopic (exact) mass is 462 g/mol. The van der Waals surface area contributed by atoms with Crippen LogP contribution in [0.4, 0.5) is 17.3 Å². The van der Waals surface area contributed by atoms with Gasteiger partial charge in [0.15, 0.2) is 0 Å². The molecule has 7 rings (SSSR count). The second-order valence-corrected chi connectivity index (χ2v) is 10.4. The minimum atomic E-state index is 0.496. The molecule has 34 heavy (non-hydrogen) atoms. The van der Waals surface area contributed by atoms with Crippen LogP contribution in [0.3, 0.4) is 0 Å². The number of fused-ring (bicyclic) bond motifs is 2. The summed E-state index contributed by atoms with van der Waals surface area (Å²) < 4.78 is 12.1. The third kappa shape index (κ3) is 3.82. The van der Waals surface area contributed by atoms with E-state index in [9.17, 15) is 0 Å². The number of rotatable bonds is 4. The molecule has 180 valence electrons. The van der Waals surface area contributed by atoms with E-state index in [0.29, 0.717) is 18.4 Å². The van der Waals surface area contributed by atoms with Gasteiger partial charge in [0.1, 0.15) is 30.3 Å². The van der Waals surface area contributed by atoms with Crippen LogP contribution in [0.15, 0.2) is 18.5 Å². The average Bonchev–Trinajstić information content (AvgIpc) is 3.70. The summed E-state index contributed by atoms with van der Waals surface area (Å²) in [6.07, 6.45) is 6.68. The number of ether oxygens (including phenoxy) is 2. The average molecular weight is 463 g/mol. The lowest BCUT2D eigenvalue weighted by atomic mass is 9.86. The van der Waals surface area contributed by atoms with Gasteiger partial charge >= 0.3 is 0 Å². The molecular weight excluding hydrogens is 428 g/mol. The predicted octanol–water partition coefficient (Wildman–Crippen LogP) is 2.98. The summed E-state index contributed by atoms with van der Waals surface area (Å²) in [7, 11) is 0. The van der Waals surface area contributed by atoms with E-state index in [-0.39, 0.29) is 0 Å². The van der Waals surface area contributed by atoms with Gasteiger partial charge in [0, 0.05) is 32.2 Å². The van der Waals surface area contributed by atoms with Crippen molar-refractivity contribution < 1.29 is 9.47 Å². The van der Waals surface area contributed by atoms with Crippen molar-refractivity contribution in [2.24, 2.45) is 0 Å². The number of likely N-dealkylation sites (tertiary alicyclic amines) is 1. The molecule has 8 heteroatoms. The van der Waals surface area contributed by atoms with Crippen molar-refractivity contribution in [3.8, 4) is 5.75 Å². The Morgan fingerprint density at radius 1 is 0.912 bits per heavy atom. The van der Waals surface area contributed by atoms with Crippen molar-refractivity contribution in [1.29, 1.82) is 0 Å². The van der Waals surface area contributed by atoms with Gasteiger partial charge in [-0.05, 0) is 67.8 Å². The molecule has 5 heterocycles. The standard InChI is InChI=1S/C26H34N6O2/c1-2-18(1)21-11-19(17-3-5-31(6-4-17)20-13-27-14-20)12-23-24(21)34-15-22-25(30-23)28-16-29-26(22)32-7-9-33-10-8-32/h11-12,16-18,20,27H,1-10,13-15H2,(H,28,29,30). The van der Waals surface area contributed by atoms with E-state index in [1.54, 1.807) is 6.33 Å². The molecule has 8 nitrogen and oxygen atoms in total. The number of hydrogen-bond acceptors (Lipinski definition) is 8. The van der Waals surface area contributed by atoms with E-state index in [4.69, 9.17) is 9.47 Å². The number of nitrogens with one attached hydrogen (secondary N) is 2. The Labute approximate surface area is 201 Å². The fourth-order valence-corrected chi connectivity index (χ4v) is 5.95. The van der Waals surface area contributed by atoms with Crippen LogP contribution in [0.2, 0.25) is 0 Å². The minimum Gasteiger partial charge on any atom is -0.486 e. The van der Waals surface area contributed by atoms with E-state index in [1.165, 1.54) is 49.9 Å². The molecule has 3 saturated heterocycles. The number of nitrogens with zero attached hydrogens (tertiary/aromatic N) is 4. The van der Waals surface area contributed by atoms with Crippen molar-refractivity contribution in [3.05, 3.63) is 35.2 Å². The van der Waals surface area contributed by atoms with Crippen molar-refractivity contribution in [3.63, 3.8) is 0 Å². The maximum atomic E-state index is 6.54. The smallest absolute Gasteiger partial charge is 0.146 e. The van der Waals surface area contributed by atoms with Gasteiger partial charge in [0.2, 0.25) is 0 Å². The van der Waals surface area contributed by atoms with E-state index in [2.05, 4.69) is 42.5 Å². The largest absolute Gasteiger partial charge is 0.486 e.